The topological polar surface area (TPSA) is 119 Å². The minimum absolute atomic E-state index is 0.0136. The number of likely N-dealkylation sites (tertiary alicyclic amines) is 1. The van der Waals surface area contributed by atoms with Crippen LogP contribution < -0.4 is 11.1 Å². The fourth-order valence-electron chi connectivity index (χ4n) is 2.72. The van der Waals surface area contributed by atoms with E-state index < -0.39 is 16.9 Å². The van der Waals surface area contributed by atoms with E-state index in [1.165, 1.54) is 24.3 Å². The highest BCUT2D eigenvalue weighted by molar-refractivity contribution is 5.97. The van der Waals surface area contributed by atoms with Crippen molar-refractivity contribution in [1.82, 2.24) is 10.2 Å². The van der Waals surface area contributed by atoms with E-state index in [4.69, 9.17) is 5.73 Å². The van der Waals surface area contributed by atoms with Gasteiger partial charge >= 0.3 is 0 Å². The number of non-ortho nitro benzene ring substituents is 1. The molecule has 0 aliphatic carbocycles. The second-order valence-electron chi connectivity index (χ2n) is 5.57. The average Bonchev–Trinajstić information content (AvgIpc) is 3.02. The molecule has 2 atom stereocenters. The Morgan fingerprint density at radius 3 is 2.91 bits per heavy atom. The molecule has 1 saturated heterocycles. The van der Waals surface area contributed by atoms with Crippen LogP contribution in [0.1, 0.15) is 30.1 Å². The zero-order valence-electron chi connectivity index (χ0n) is 12.9. The van der Waals surface area contributed by atoms with E-state index in [1.54, 1.807) is 11.8 Å². The molecular formula is C15H20N4O4. The van der Waals surface area contributed by atoms with Crippen molar-refractivity contribution in [2.45, 2.75) is 31.8 Å². The second-order valence-corrected chi connectivity index (χ2v) is 5.57. The van der Waals surface area contributed by atoms with E-state index in [0.717, 1.165) is 12.8 Å². The van der Waals surface area contributed by atoms with Gasteiger partial charge in [-0.25, -0.2) is 0 Å². The highest BCUT2D eigenvalue weighted by Crippen LogP contribution is 2.17. The Bertz CT molecular complexity index is 619. The highest BCUT2D eigenvalue weighted by atomic mass is 16.6. The van der Waals surface area contributed by atoms with Gasteiger partial charge in [-0.05, 0) is 25.8 Å². The molecule has 1 aliphatic heterocycles. The number of benzene rings is 1. The largest absolute Gasteiger partial charge is 0.341 e. The van der Waals surface area contributed by atoms with E-state index >= 15 is 0 Å². The number of carbonyl (C=O) groups excluding carboxylic acids is 2. The average molecular weight is 320 g/mol. The maximum Gasteiger partial charge on any atom is 0.270 e. The van der Waals surface area contributed by atoms with Gasteiger partial charge in [0.05, 0.1) is 4.92 Å². The van der Waals surface area contributed by atoms with Crippen molar-refractivity contribution in [3.63, 3.8) is 0 Å². The predicted molar refractivity (Wildman–Crippen MR) is 83.8 cm³/mol. The summed E-state index contributed by atoms with van der Waals surface area (Å²) in [6, 6.07) is 4.70. The van der Waals surface area contributed by atoms with Crippen LogP contribution in [0.3, 0.4) is 0 Å². The van der Waals surface area contributed by atoms with Gasteiger partial charge in [-0.15, -0.1) is 0 Å². The zero-order chi connectivity index (χ0) is 17.0. The van der Waals surface area contributed by atoms with Crippen LogP contribution in [0.25, 0.3) is 0 Å². The lowest BCUT2D eigenvalue weighted by Crippen LogP contribution is -2.50. The molecule has 0 spiro atoms. The third-order valence-electron chi connectivity index (χ3n) is 3.97. The van der Waals surface area contributed by atoms with Gasteiger partial charge in [0.2, 0.25) is 5.91 Å². The van der Waals surface area contributed by atoms with E-state index in [0.29, 0.717) is 13.1 Å². The molecule has 1 aromatic rings. The lowest BCUT2D eigenvalue weighted by Gasteiger charge is -2.27. The first-order valence-electron chi connectivity index (χ1n) is 7.50. The fraction of sp³-hybridized carbons (Fsp3) is 0.467. The Hall–Kier alpha value is -2.48. The Balaban J connectivity index is 2.03. The molecule has 8 nitrogen and oxygen atoms in total. The van der Waals surface area contributed by atoms with Crippen LogP contribution in [0.5, 0.6) is 0 Å². The van der Waals surface area contributed by atoms with Crippen LogP contribution >= 0.6 is 0 Å². The first-order valence-corrected chi connectivity index (χ1v) is 7.50. The molecule has 23 heavy (non-hydrogen) atoms. The smallest absolute Gasteiger partial charge is 0.270 e. The van der Waals surface area contributed by atoms with Crippen molar-refractivity contribution in [3.8, 4) is 0 Å². The molecule has 8 heteroatoms. The lowest BCUT2D eigenvalue weighted by atomic mass is 10.1. The maximum absolute atomic E-state index is 12.4. The number of hydrogen-bond acceptors (Lipinski definition) is 5. The summed E-state index contributed by atoms with van der Waals surface area (Å²) in [6.45, 7) is 2.64. The number of hydrogen-bond donors (Lipinski definition) is 2. The van der Waals surface area contributed by atoms with Gasteiger partial charge in [0, 0.05) is 36.8 Å². The van der Waals surface area contributed by atoms with E-state index in [1.807, 2.05) is 0 Å². The van der Waals surface area contributed by atoms with Crippen LogP contribution in [0.2, 0.25) is 0 Å². The molecule has 0 saturated carbocycles. The van der Waals surface area contributed by atoms with Crippen molar-refractivity contribution in [2.24, 2.45) is 5.73 Å². The second kappa shape index (κ2) is 7.19. The number of nitrogens with zero attached hydrogens (tertiary/aromatic N) is 2. The van der Waals surface area contributed by atoms with Crippen molar-refractivity contribution in [2.75, 3.05) is 13.1 Å². The monoisotopic (exact) mass is 320 g/mol. The minimum atomic E-state index is -0.714. The van der Waals surface area contributed by atoms with E-state index in [9.17, 15) is 19.7 Å². The summed E-state index contributed by atoms with van der Waals surface area (Å²) in [6.07, 6.45) is 1.77. The van der Waals surface area contributed by atoms with E-state index in [-0.39, 0.29) is 23.2 Å². The van der Waals surface area contributed by atoms with Gasteiger partial charge < -0.3 is 16.0 Å². The number of nitro benzene ring substituents is 1. The number of nitrogens with two attached hydrogens (primary N) is 1. The van der Waals surface area contributed by atoms with Crippen LogP contribution in [0.15, 0.2) is 24.3 Å². The van der Waals surface area contributed by atoms with Gasteiger partial charge in [-0.1, -0.05) is 6.07 Å². The minimum Gasteiger partial charge on any atom is -0.341 e. The molecule has 2 rings (SSSR count). The summed E-state index contributed by atoms with van der Waals surface area (Å²) in [5.41, 5.74) is 5.64. The molecule has 0 radical (unpaired) electrons. The van der Waals surface area contributed by atoms with Crippen LogP contribution in [0.4, 0.5) is 5.69 Å². The van der Waals surface area contributed by atoms with Crippen molar-refractivity contribution in [3.05, 3.63) is 39.9 Å². The quantitative estimate of drug-likeness (QED) is 0.610. The van der Waals surface area contributed by atoms with Crippen LogP contribution in [0, 0.1) is 10.1 Å². The standard InChI is InChI=1S/C15H20N4O4/c1-10(15(21)18-7-3-6-13(18)9-16)17-14(20)11-4-2-5-12(8-11)19(22)23/h2,4-5,8,10,13H,3,6-7,9,16H2,1H3,(H,17,20). The number of nitrogens with one attached hydrogen (secondary N) is 1. The van der Waals surface area contributed by atoms with Gasteiger partial charge in [0.1, 0.15) is 6.04 Å². The third kappa shape index (κ3) is 3.84. The van der Waals surface area contributed by atoms with Crippen LogP contribution in [-0.2, 0) is 4.79 Å². The van der Waals surface area contributed by atoms with Gasteiger partial charge in [-0.3, -0.25) is 19.7 Å². The molecule has 1 aromatic carbocycles. The molecule has 1 aliphatic rings. The van der Waals surface area contributed by atoms with Crippen LogP contribution in [-0.4, -0.2) is 46.8 Å². The summed E-state index contributed by atoms with van der Waals surface area (Å²) in [5, 5.41) is 13.3. The summed E-state index contributed by atoms with van der Waals surface area (Å²) >= 11 is 0. The third-order valence-corrected chi connectivity index (χ3v) is 3.97. The molecule has 1 heterocycles. The first-order chi connectivity index (χ1) is 10.9. The fourth-order valence-corrected chi connectivity index (χ4v) is 2.72. The predicted octanol–water partition coefficient (Wildman–Crippen LogP) is 0.663. The van der Waals surface area contributed by atoms with Gasteiger partial charge in [-0.2, -0.15) is 0 Å². The zero-order valence-corrected chi connectivity index (χ0v) is 12.9. The molecule has 0 aromatic heterocycles. The lowest BCUT2D eigenvalue weighted by molar-refractivity contribution is -0.384. The normalized spacial score (nSPS) is 18.5. The summed E-state index contributed by atoms with van der Waals surface area (Å²) < 4.78 is 0. The summed E-state index contributed by atoms with van der Waals surface area (Å²) in [7, 11) is 0. The Kier molecular flexibility index (Phi) is 5.28. The van der Waals surface area contributed by atoms with E-state index in [2.05, 4.69) is 5.32 Å². The molecule has 3 N–H and O–H groups in total. The molecular weight excluding hydrogens is 300 g/mol. The first kappa shape index (κ1) is 16.9. The number of carbonyl (C=O) groups is 2. The number of rotatable bonds is 5. The van der Waals surface area contributed by atoms with Crippen molar-refractivity contribution in [1.29, 1.82) is 0 Å². The molecule has 2 unspecified atom stereocenters. The van der Waals surface area contributed by atoms with Crippen molar-refractivity contribution < 1.29 is 14.5 Å². The summed E-state index contributed by atoms with van der Waals surface area (Å²) in [5.74, 6) is -0.699. The molecule has 1 fully saturated rings. The number of nitro groups is 1. The Morgan fingerprint density at radius 2 is 2.26 bits per heavy atom. The summed E-state index contributed by atoms with van der Waals surface area (Å²) in [4.78, 5) is 36.5. The van der Waals surface area contributed by atoms with Gasteiger partial charge in [0.25, 0.3) is 11.6 Å². The Morgan fingerprint density at radius 1 is 1.52 bits per heavy atom. The van der Waals surface area contributed by atoms with Gasteiger partial charge in [0.15, 0.2) is 0 Å². The molecule has 2 amide bonds. The Labute approximate surface area is 133 Å². The molecule has 124 valence electrons. The van der Waals surface area contributed by atoms with Crippen molar-refractivity contribution >= 4 is 17.5 Å². The maximum atomic E-state index is 12.4. The molecule has 0 bridgehead atoms. The number of amides is 2. The SMILES string of the molecule is CC(NC(=O)c1cccc([N+](=O)[O-])c1)C(=O)N1CCCC1CN. The highest BCUT2D eigenvalue weighted by Gasteiger charge is 2.31.